The van der Waals surface area contributed by atoms with Crippen LogP contribution in [0, 0.1) is 6.92 Å². The summed E-state index contributed by atoms with van der Waals surface area (Å²) in [6.45, 7) is 5.39. The van der Waals surface area contributed by atoms with E-state index in [0.29, 0.717) is 33.8 Å². The normalized spacial score (nSPS) is 11.4. The standard InChI is InChI=1S/C30H25N7O2/c1-18-15-19-3-4-24(35-36-28-14-13-25(38)17-27(28)31)16-26(19)30(39)29(18)37-34-23-11-9-22(10-12-23)33-21-7-5-20(32-2)6-8-21/h3-17,33,38-39H,2,31H2,1H3. The summed E-state index contributed by atoms with van der Waals surface area (Å²) in [7, 11) is 0. The first-order chi connectivity index (χ1) is 18.9. The summed E-state index contributed by atoms with van der Waals surface area (Å²) in [5.74, 6) is 0.0603. The van der Waals surface area contributed by atoms with Crippen LogP contribution in [-0.4, -0.2) is 16.9 Å². The van der Waals surface area contributed by atoms with Gasteiger partial charge in [-0.05, 0) is 103 Å². The lowest BCUT2D eigenvalue weighted by molar-refractivity contribution is 0.475. The van der Waals surface area contributed by atoms with Crippen molar-refractivity contribution in [1.82, 2.24) is 0 Å². The molecule has 0 heterocycles. The predicted molar refractivity (Wildman–Crippen MR) is 157 cm³/mol. The molecule has 0 aliphatic heterocycles. The van der Waals surface area contributed by atoms with E-state index in [1.807, 2.05) is 67.6 Å². The monoisotopic (exact) mass is 515 g/mol. The van der Waals surface area contributed by atoms with Gasteiger partial charge in [-0.25, -0.2) is 0 Å². The zero-order chi connectivity index (χ0) is 27.4. The number of nitrogen functional groups attached to an aromatic ring is 1. The van der Waals surface area contributed by atoms with E-state index in [9.17, 15) is 10.2 Å². The fourth-order valence-corrected chi connectivity index (χ4v) is 3.96. The number of phenols is 2. The third-order valence-electron chi connectivity index (χ3n) is 6.02. The number of phenolic OH excluding ortho intramolecular Hbond substituents is 2. The molecule has 5 N–H and O–H groups in total. The minimum atomic E-state index is 0.00527. The van der Waals surface area contributed by atoms with Crippen LogP contribution in [0.15, 0.2) is 116 Å². The Bertz CT molecular complexity index is 1730. The Balaban J connectivity index is 1.36. The van der Waals surface area contributed by atoms with Crippen LogP contribution in [0.5, 0.6) is 11.5 Å². The smallest absolute Gasteiger partial charge is 0.151 e. The van der Waals surface area contributed by atoms with Gasteiger partial charge in [-0.1, -0.05) is 6.07 Å². The molecule has 0 spiro atoms. The third-order valence-corrected chi connectivity index (χ3v) is 6.02. The number of rotatable bonds is 7. The maximum atomic E-state index is 11.0. The van der Waals surface area contributed by atoms with Gasteiger partial charge in [0.25, 0.3) is 0 Å². The Kier molecular flexibility index (Phi) is 6.96. The summed E-state index contributed by atoms with van der Waals surface area (Å²) in [4.78, 5) is 3.90. The number of hydrogen-bond acceptors (Lipinski definition) is 9. The average molecular weight is 516 g/mol. The molecule has 0 aliphatic rings. The maximum Gasteiger partial charge on any atom is 0.151 e. The molecular weight excluding hydrogens is 490 g/mol. The quantitative estimate of drug-likeness (QED) is 0.0974. The molecule has 0 fully saturated rings. The van der Waals surface area contributed by atoms with Crippen molar-refractivity contribution < 1.29 is 10.2 Å². The zero-order valence-corrected chi connectivity index (χ0v) is 21.1. The molecule has 0 atom stereocenters. The van der Waals surface area contributed by atoms with Gasteiger partial charge in [0.05, 0.1) is 22.7 Å². The summed E-state index contributed by atoms with van der Waals surface area (Å²) in [5, 5.41) is 42.4. The Hall–Kier alpha value is -5.57. The third kappa shape index (κ3) is 5.72. The van der Waals surface area contributed by atoms with Gasteiger partial charge in [-0.3, -0.25) is 4.99 Å². The van der Waals surface area contributed by atoms with Gasteiger partial charge in [0.15, 0.2) is 5.75 Å². The highest BCUT2D eigenvalue weighted by Gasteiger charge is 2.11. The van der Waals surface area contributed by atoms with Crippen molar-refractivity contribution in [2.75, 3.05) is 11.1 Å². The van der Waals surface area contributed by atoms with Crippen molar-refractivity contribution in [3.05, 3.63) is 96.6 Å². The molecule has 39 heavy (non-hydrogen) atoms. The number of nitrogens with one attached hydrogen (secondary N) is 1. The molecule has 0 unspecified atom stereocenters. The van der Waals surface area contributed by atoms with Gasteiger partial charge in [-0.15, -0.1) is 10.2 Å². The first kappa shape index (κ1) is 25.1. The van der Waals surface area contributed by atoms with Gasteiger partial charge in [-0.2, -0.15) is 10.2 Å². The van der Waals surface area contributed by atoms with Crippen molar-refractivity contribution in [3.63, 3.8) is 0 Å². The minimum Gasteiger partial charge on any atom is -0.508 e. The van der Waals surface area contributed by atoms with Gasteiger partial charge in [0, 0.05) is 22.8 Å². The lowest BCUT2D eigenvalue weighted by atomic mass is 10.0. The fourth-order valence-electron chi connectivity index (χ4n) is 3.96. The van der Waals surface area contributed by atoms with Crippen LogP contribution in [0.2, 0.25) is 0 Å². The van der Waals surface area contributed by atoms with Gasteiger partial charge in [0.2, 0.25) is 0 Å². The first-order valence-electron chi connectivity index (χ1n) is 12.0. The summed E-state index contributed by atoms with van der Waals surface area (Å²) in [5.41, 5.74) is 11.6. The van der Waals surface area contributed by atoms with E-state index in [-0.39, 0.29) is 11.5 Å². The molecule has 0 bridgehead atoms. The van der Waals surface area contributed by atoms with Crippen molar-refractivity contribution in [2.45, 2.75) is 6.92 Å². The first-order valence-corrected chi connectivity index (χ1v) is 12.0. The van der Waals surface area contributed by atoms with Crippen LogP contribution in [0.25, 0.3) is 10.8 Å². The molecule has 0 saturated heterocycles. The molecule has 0 aromatic heterocycles. The second kappa shape index (κ2) is 10.8. The number of nitrogens with two attached hydrogens (primary N) is 1. The molecule has 5 aromatic rings. The van der Waals surface area contributed by atoms with Gasteiger partial charge in [0.1, 0.15) is 17.1 Å². The van der Waals surface area contributed by atoms with Crippen LogP contribution in [0.4, 0.5) is 45.5 Å². The van der Waals surface area contributed by atoms with Crippen LogP contribution < -0.4 is 11.1 Å². The van der Waals surface area contributed by atoms with E-state index in [1.54, 1.807) is 18.2 Å². The number of anilines is 3. The lowest BCUT2D eigenvalue weighted by Gasteiger charge is -2.08. The summed E-state index contributed by atoms with van der Waals surface area (Å²) >= 11 is 0. The topological polar surface area (TPSA) is 140 Å². The average Bonchev–Trinajstić information content (AvgIpc) is 2.94. The van der Waals surface area contributed by atoms with E-state index in [0.717, 1.165) is 28.0 Å². The van der Waals surface area contributed by atoms with E-state index >= 15 is 0 Å². The highest BCUT2D eigenvalue weighted by molar-refractivity contribution is 5.95. The molecule has 0 saturated carbocycles. The molecule has 5 aromatic carbocycles. The Morgan fingerprint density at radius 3 is 2.00 bits per heavy atom. The second-order valence-corrected chi connectivity index (χ2v) is 8.82. The molecule has 0 amide bonds. The molecule has 9 nitrogen and oxygen atoms in total. The van der Waals surface area contributed by atoms with Crippen LogP contribution in [0.3, 0.4) is 0 Å². The van der Waals surface area contributed by atoms with Crippen molar-refractivity contribution in [2.24, 2.45) is 25.4 Å². The number of hydrogen-bond donors (Lipinski definition) is 4. The largest absolute Gasteiger partial charge is 0.508 e. The van der Waals surface area contributed by atoms with Crippen molar-refractivity contribution in [3.8, 4) is 11.5 Å². The summed E-state index contributed by atoms with van der Waals surface area (Å²) in [6.07, 6.45) is 0. The van der Waals surface area contributed by atoms with Crippen LogP contribution in [-0.2, 0) is 0 Å². The Morgan fingerprint density at radius 2 is 1.33 bits per heavy atom. The van der Waals surface area contributed by atoms with Crippen LogP contribution >= 0.6 is 0 Å². The number of fused-ring (bicyclic) bond motifs is 1. The fraction of sp³-hybridized carbons (Fsp3) is 0.0333. The predicted octanol–water partition coefficient (Wildman–Crippen LogP) is 9.05. The Labute approximate surface area is 224 Å². The van der Waals surface area contributed by atoms with E-state index in [4.69, 9.17) is 5.73 Å². The number of azo groups is 2. The van der Waals surface area contributed by atoms with E-state index in [2.05, 4.69) is 37.5 Å². The Morgan fingerprint density at radius 1 is 0.692 bits per heavy atom. The number of aliphatic imine (C=N–C) groups is 1. The number of aromatic hydroxyl groups is 2. The number of benzene rings is 5. The molecule has 192 valence electrons. The van der Waals surface area contributed by atoms with Gasteiger partial charge >= 0.3 is 0 Å². The SMILES string of the molecule is C=Nc1ccc(Nc2ccc(N=Nc3c(C)cc4ccc(N=Nc5ccc(O)cc5N)cc4c3O)cc2)cc1. The van der Waals surface area contributed by atoms with Crippen molar-refractivity contribution in [1.29, 1.82) is 0 Å². The zero-order valence-electron chi connectivity index (χ0n) is 21.1. The number of nitrogens with zero attached hydrogens (tertiary/aromatic N) is 5. The lowest BCUT2D eigenvalue weighted by Crippen LogP contribution is -1.88. The minimum absolute atomic E-state index is 0.00527. The molecule has 5 rings (SSSR count). The van der Waals surface area contributed by atoms with E-state index in [1.165, 1.54) is 12.1 Å². The maximum absolute atomic E-state index is 11.0. The summed E-state index contributed by atoms with van der Waals surface area (Å²) < 4.78 is 0. The van der Waals surface area contributed by atoms with Gasteiger partial charge < -0.3 is 21.3 Å². The molecular formula is C30H25N7O2. The number of aryl methyl sites for hydroxylation is 1. The molecule has 0 aliphatic carbocycles. The van der Waals surface area contributed by atoms with Crippen molar-refractivity contribution >= 4 is 63.0 Å². The summed E-state index contributed by atoms with van der Waals surface area (Å²) in [6, 6.07) is 26.9. The molecule has 0 radical (unpaired) electrons. The second-order valence-electron chi connectivity index (χ2n) is 8.82. The van der Waals surface area contributed by atoms with E-state index < -0.39 is 0 Å². The van der Waals surface area contributed by atoms with Crippen LogP contribution in [0.1, 0.15) is 5.56 Å². The molecule has 9 heteroatoms. The highest BCUT2D eigenvalue weighted by atomic mass is 16.3. The highest BCUT2D eigenvalue weighted by Crippen LogP contribution is 2.40.